The zero-order valence-electron chi connectivity index (χ0n) is 12.3. The van der Waals surface area contributed by atoms with E-state index in [1.54, 1.807) is 18.9 Å². The maximum Gasteiger partial charge on any atom is 0.132 e. The molecule has 0 amide bonds. The lowest BCUT2D eigenvalue weighted by Gasteiger charge is -2.15. The van der Waals surface area contributed by atoms with E-state index in [9.17, 15) is 0 Å². The van der Waals surface area contributed by atoms with Crippen molar-refractivity contribution in [3.8, 4) is 5.75 Å². The Morgan fingerprint density at radius 3 is 2.67 bits per heavy atom. The Kier molecular flexibility index (Phi) is 5.97. The normalized spacial score (nSPS) is 12.2. The summed E-state index contributed by atoms with van der Waals surface area (Å²) in [5, 5.41) is 0.756. The van der Waals surface area contributed by atoms with Crippen LogP contribution in [0.4, 0.5) is 0 Å². The lowest BCUT2D eigenvalue weighted by atomic mass is 10.0. The molecule has 0 aliphatic rings. The van der Waals surface area contributed by atoms with Crippen molar-refractivity contribution in [2.24, 2.45) is 5.73 Å². The highest BCUT2D eigenvalue weighted by atomic mass is 35.5. The summed E-state index contributed by atoms with van der Waals surface area (Å²) in [7, 11) is 1.68. The van der Waals surface area contributed by atoms with Gasteiger partial charge < -0.3 is 10.5 Å². The molecule has 0 aliphatic carbocycles. The van der Waals surface area contributed by atoms with Crippen molar-refractivity contribution in [1.82, 2.24) is 0 Å². The van der Waals surface area contributed by atoms with Crippen molar-refractivity contribution in [3.05, 3.63) is 53.1 Å². The van der Waals surface area contributed by atoms with Gasteiger partial charge in [-0.1, -0.05) is 54.6 Å². The topological polar surface area (TPSA) is 35.2 Å². The SMILES string of the molecule is CCC(N)Cc1cccc(Cl)c1Sc1ccccc1OC. The van der Waals surface area contributed by atoms with Gasteiger partial charge in [0.1, 0.15) is 5.75 Å². The van der Waals surface area contributed by atoms with Crippen LogP contribution >= 0.6 is 23.4 Å². The van der Waals surface area contributed by atoms with Gasteiger partial charge in [0.05, 0.1) is 17.0 Å². The molecule has 0 bridgehead atoms. The van der Waals surface area contributed by atoms with Gasteiger partial charge in [-0.3, -0.25) is 0 Å². The Morgan fingerprint density at radius 2 is 1.95 bits per heavy atom. The molecule has 112 valence electrons. The maximum absolute atomic E-state index is 6.40. The van der Waals surface area contributed by atoms with Crippen LogP contribution in [0.2, 0.25) is 5.02 Å². The van der Waals surface area contributed by atoms with E-state index < -0.39 is 0 Å². The molecule has 0 heterocycles. The lowest BCUT2D eigenvalue weighted by Crippen LogP contribution is -2.21. The summed E-state index contributed by atoms with van der Waals surface area (Å²) in [5.74, 6) is 0.855. The molecule has 1 atom stereocenters. The number of benzene rings is 2. The summed E-state index contributed by atoms with van der Waals surface area (Å²) in [6.07, 6.45) is 1.78. The number of halogens is 1. The fraction of sp³-hybridized carbons (Fsp3) is 0.294. The summed E-state index contributed by atoms with van der Waals surface area (Å²) < 4.78 is 5.41. The van der Waals surface area contributed by atoms with Crippen LogP contribution in [0.1, 0.15) is 18.9 Å². The highest BCUT2D eigenvalue weighted by molar-refractivity contribution is 7.99. The van der Waals surface area contributed by atoms with E-state index in [4.69, 9.17) is 22.1 Å². The smallest absolute Gasteiger partial charge is 0.132 e. The van der Waals surface area contributed by atoms with Crippen LogP contribution in [-0.4, -0.2) is 13.2 Å². The molecule has 0 fully saturated rings. The minimum absolute atomic E-state index is 0.153. The highest BCUT2D eigenvalue weighted by Crippen LogP contribution is 2.40. The molecule has 2 aromatic carbocycles. The van der Waals surface area contributed by atoms with Gasteiger partial charge in [-0.15, -0.1) is 0 Å². The zero-order valence-corrected chi connectivity index (χ0v) is 13.9. The number of methoxy groups -OCH3 is 1. The van der Waals surface area contributed by atoms with E-state index in [1.165, 1.54) is 5.56 Å². The first-order chi connectivity index (χ1) is 10.2. The standard InChI is InChI=1S/C17H20ClNOS/c1-3-13(19)11-12-7-6-8-14(18)17(12)21-16-10-5-4-9-15(16)20-2/h4-10,13H,3,11,19H2,1-2H3. The van der Waals surface area contributed by atoms with E-state index in [2.05, 4.69) is 13.0 Å². The molecule has 0 aliphatic heterocycles. The van der Waals surface area contributed by atoms with Crippen LogP contribution in [-0.2, 0) is 6.42 Å². The summed E-state index contributed by atoms with van der Waals surface area (Å²) in [4.78, 5) is 2.12. The van der Waals surface area contributed by atoms with Gasteiger partial charge in [0.2, 0.25) is 0 Å². The number of ether oxygens (including phenoxy) is 1. The molecule has 0 spiro atoms. The van der Waals surface area contributed by atoms with Crippen LogP contribution < -0.4 is 10.5 Å². The van der Waals surface area contributed by atoms with Crippen LogP contribution in [0.3, 0.4) is 0 Å². The fourth-order valence-electron chi connectivity index (χ4n) is 2.07. The first-order valence-electron chi connectivity index (χ1n) is 6.99. The summed E-state index contributed by atoms with van der Waals surface area (Å²) in [6.45, 7) is 2.10. The van der Waals surface area contributed by atoms with Crippen LogP contribution in [0.15, 0.2) is 52.3 Å². The molecule has 0 saturated carbocycles. The first kappa shape index (κ1) is 16.2. The second kappa shape index (κ2) is 7.74. The van der Waals surface area contributed by atoms with E-state index >= 15 is 0 Å². The summed E-state index contributed by atoms with van der Waals surface area (Å²) >= 11 is 8.03. The van der Waals surface area contributed by atoms with Gasteiger partial charge in [-0.2, -0.15) is 0 Å². The minimum Gasteiger partial charge on any atom is -0.496 e. The number of hydrogen-bond donors (Lipinski definition) is 1. The van der Waals surface area contributed by atoms with Crippen LogP contribution in [0, 0.1) is 0 Å². The third-order valence-corrected chi connectivity index (χ3v) is 5.01. The molecule has 1 unspecified atom stereocenters. The molecule has 0 radical (unpaired) electrons. The molecule has 2 N–H and O–H groups in total. The number of rotatable bonds is 6. The van der Waals surface area contributed by atoms with Crippen molar-refractivity contribution >= 4 is 23.4 Å². The van der Waals surface area contributed by atoms with Gasteiger partial charge in [0.15, 0.2) is 0 Å². The van der Waals surface area contributed by atoms with E-state index in [-0.39, 0.29) is 6.04 Å². The van der Waals surface area contributed by atoms with Gasteiger partial charge in [-0.25, -0.2) is 0 Å². The number of nitrogens with two attached hydrogens (primary N) is 1. The van der Waals surface area contributed by atoms with Gasteiger partial charge >= 0.3 is 0 Å². The average Bonchev–Trinajstić information content (AvgIpc) is 2.51. The lowest BCUT2D eigenvalue weighted by molar-refractivity contribution is 0.405. The fourth-order valence-corrected chi connectivity index (χ4v) is 3.44. The summed E-state index contributed by atoms with van der Waals surface area (Å²) in [5.41, 5.74) is 7.28. The third kappa shape index (κ3) is 4.16. The predicted octanol–water partition coefficient (Wildman–Crippen LogP) is 4.78. The highest BCUT2D eigenvalue weighted by Gasteiger charge is 2.13. The molecular formula is C17H20ClNOS. The van der Waals surface area contributed by atoms with E-state index in [0.29, 0.717) is 0 Å². The van der Waals surface area contributed by atoms with Crippen molar-refractivity contribution in [2.45, 2.75) is 35.6 Å². The quantitative estimate of drug-likeness (QED) is 0.831. The van der Waals surface area contributed by atoms with E-state index in [0.717, 1.165) is 33.4 Å². The number of hydrogen-bond acceptors (Lipinski definition) is 3. The van der Waals surface area contributed by atoms with E-state index in [1.807, 2.05) is 36.4 Å². The second-order valence-electron chi connectivity index (χ2n) is 4.85. The average molecular weight is 322 g/mol. The summed E-state index contributed by atoms with van der Waals surface area (Å²) in [6, 6.07) is 14.1. The van der Waals surface area contributed by atoms with Gasteiger partial charge in [-0.05, 0) is 36.6 Å². The van der Waals surface area contributed by atoms with Crippen molar-refractivity contribution < 1.29 is 4.74 Å². The van der Waals surface area contributed by atoms with Gasteiger partial charge in [0.25, 0.3) is 0 Å². The number of para-hydroxylation sites is 1. The Balaban J connectivity index is 2.34. The molecule has 0 saturated heterocycles. The molecule has 4 heteroatoms. The molecule has 0 aromatic heterocycles. The van der Waals surface area contributed by atoms with Crippen molar-refractivity contribution in [1.29, 1.82) is 0 Å². The van der Waals surface area contributed by atoms with Crippen LogP contribution in [0.25, 0.3) is 0 Å². The first-order valence-corrected chi connectivity index (χ1v) is 8.19. The van der Waals surface area contributed by atoms with Crippen LogP contribution in [0.5, 0.6) is 5.75 Å². The van der Waals surface area contributed by atoms with Gasteiger partial charge in [0, 0.05) is 10.9 Å². The monoisotopic (exact) mass is 321 g/mol. The molecule has 2 rings (SSSR count). The Bertz CT molecular complexity index is 603. The molecular weight excluding hydrogens is 302 g/mol. The Labute approximate surface area is 135 Å². The molecule has 2 nitrogen and oxygen atoms in total. The van der Waals surface area contributed by atoms with Crippen molar-refractivity contribution in [2.75, 3.05) is 7.11 Å². The zero-order chi connectivity index (χ0) is 15.2. The molecule has 21 heavy (non-hydrogen) atoms. The Morgan fingerprint density at radius 1 is 1.19 bits per heavy atom. The largest absolute Gasteiger partial charge is 0.496 e. The molecule has 2 aromatic rings. The maximum atomic E-state index is 6.40. The predicted molar refractivity (Wildman–Crippen MR) is 90.5 cm³/mol. The minimum atomic E-state index is 0.153. The third-order valence-electron chi connectivity index (χ3n) is 3.34. The van der Waals surface area contributed by atoms with Crippen molar-refractivity contribution in [3.63, 3.8) is 0 Å². The Hall–Kier alpha value is -1.16. The second-order valence-corrected chi connectivity index (χ2v) is 6.31.